The fourth-order valence-electron chi connectivity index (χ4n) is 3.65. The molecule has 1 spiro atoms. The fourth-order valence-corrected chi connectivity index (χ4v) is 3.65. The summed E-state index contributed by atoms with van der Waals surface area (Å²) in [6, 6.07) is 2.22. The highest BCUT2D eigenvalue weighted by Crippen LogP contribution is 2.49. The van der Waals surface area contributed by atoms with Gasteiger partial charge in [0.05, 0.1) is 6.61 Å². The van der Waals surface area contributed by atoms with Gasteiger partial charge in [0.2, 0.25) is 11.8 Å². The number of carbonyl (C=O) groups is 1. The van der Waals surface area contributed by atoms with Gasteiger partial charge in [0.1, 0.15) is 11.6 Å². The van der Waals surface area contributed by atoms with E-state index in [-0.39, 0.29) is 12.0 Å². The number of aromatic amines is 1. The number of likely N-dealkylation sites (tertiary alicyclic amines) is 1. The van der Waals surface area contributed by atoms with Crippen molar-refractivity contribution in [2.45, 2.75) is 38.5 Å². The van der Waals surface area contributed by atoms with Crippen LogP contribution in [0.2, 0.25) is 0 Å². The number of nitrogens with two attached hydrogens (primary N) is 1. The Morgan fingerprint density at radius 2 is 2.21 bits per heavy atom. The van der Waals surface area contributed by atoms with Crippen molar-refractivity contribution in [3.8, 4) is 11.9 Å². The van der Waals surface area contributed by atoms with Gasteiger partial charge in [-0.2, -0.15) is 5.26 Å². The molecule has 2 aliphatic rings. The van der Waals surface area contributed by atoms with Crippen LogP contribution in [0.4, 0.5) is 4.79 Å². The summed E-state index contributed by atoms with van der Waals surface area (Å²) < 4.78 is 10.6. The standard InChI is InChI=1S/C16H21N5O3/c1-3-11-12-14(20-19-11)24-13(18)10(9-17)16(12)5-7-21(8-6-16)15(22)23-4-2/h3-8,18H2,1-2H3,(H,19,20). The van der Waals surface area contributed by atoms with Gasteiger partial charge in [-0.3, -0.25) is 5.10 Å². The third-order valence-corrected chi connectivity index (χ3v) is 4.83. The lowest BCUT2D eigenvalue weighted by Gasteiger charge is -2.43. The molecule has 8 heteroatoms. The number of amides is 1. The first-order valence-corrected chi connectivity index (χ1v) is 8.15. The van der Waals surface area contributed by atoms with E-state index in [1.165, 1.54) is 0 Å². The molecule has 0 aromatic carbocycles. The minimum Gasteiger partial charge on any atom is -0.450 e. The van der Waals surface area contributed by atoms with Crippen LogP contribution in [0.3, 0.4) is 0 Å². The van der Waals surface area contributed by atoms with Crippen LogP contribution in [0.15, 0.2) is 11.5 Å². The summed E-state index contributed by atoms with van der Waals surface area (Å²) in [5.74, 6) is 0.539. The lowest BCUT2D eigenvalue weighted by atomic mass is 9.67. The maximum Gasteiger partial charge on any atom is 0.409 e. The number of nitriles is 1. The molecule has 3 heterocycles. The third-order valence-electron chi connectivity index (χ3n) is 4.83. The van der Waals surface area contributed by atoms with Gasteiger partial charge in [0.15, 0.2) is 0 Å². The number of carbonyl (C=O) groups excluding carboxylic acids is 1. The number of aryl methyl sites for hydroxylation is 1. The molecule has 1 amide bonds. The lowest BCUT2D eigenvalue weighted by molar-refractivity contribution is 0.0892. The summed E-state index contributed by atoms with van der Waals surface area (Å²) in [4.78, 5) is 13.6. The molecule has 0 radical (unpaired) electrons. The Labute approximate surface area is 140 Å². The van der Waals surface area contributed by atoms with Gasteiger partial charge in [0, 0.05) is 29.8 Å². The number of fused-ring (bicyclic) bond motifs is 2. The molecular formula is C16H21N5O3. The maximum atomic E-state index is 12.0. The summed E-state index contributed by atoms with van der Waals surface area (Å²) >= 11 is 0. The first kappa shape index (κ1) is 16.2. The van der Waals surface area contributed by atoms with E-state index in [9.17, 15) is 10.1 Å². The van der Waals surface area contributed by atoms with Crippen LogP contribution in [0.25, 0.3) is 0 Å². The van der Waals surface area contributed by atoms with E-state index in [2.05, 4.69) is 16.3 Å². The smallest absolute Gasteiger partial charge is 0.409 e. The van der Waals surface area contributed by atoms with Crippen molar-refractivity contribution < 1.29 is 14.3 Å². The molecule has 1 fully saturated rings. The molecular weight excluding hydrogens is 310 g/mol. The van der Waals surface area contributed by atoms with Gasteiger partial charge < -0.3 is 20.1 Å². The highest BCUT2D eigenvalue weighted by atomic mass is 16.6. The van der Waals surface area contributed by atoms with Crippen molar-refractivity contribution in [3.63, 3.8) is 0 Å². The van der Waals surface area contributed by atoms with E-state index in [0.717, 1.165) is 17.7 Å². The molecule has 1 aromatic heterocycles. The van der Waals surface area contributed by atoms with Gasteiger partial charge in [-0.15, -0.1) is 5.10 Å². The van der Waals surface area contributed by atoms with Crippen LogP contribution in [0, 0.1) is 11.3 Å². The molecule has 2 aliphatic heterocycles. The van der Waals surface area contributed by atoms with Crippen LogP contribution in [0.5, 0.6) is 5.88 Å². The third kappa shape index (κ3) is 2.28. The lowest BCUT2D eigenvalue weighted by Crippen LogP contribution is -2.48. The highest BCUT2D eigenvalue weighted by molar-refractivity contribution is 5.68. The van der Waals surface area contributed by atoms with Crippen LogP contribution >= 0.6 is 0 Å². The number of nitrogens with one attached hydrogen (secondary N) is 1. The van der Waals surface area contributed by atoms with Crippen molar-refractivity contribution >= 4 is 6.09 Å². The molecule has 24 heavy (non-hydrogen) atoms. The number of piperidine rings is 1. The number of allylic oxidation sites excluding steroid dienone is 1. The number of aromatic nitrogens is 2. The predicted octanol–water partition coefficient (Wildman–Crippen LogP) is 1.55. The zero-order valence-corrected chi connectivity index (χ0v) is 13.9. The Morgan fingerprint density at radius 3 is 2.79 bits per heavy atom. The molecule has 1 aromatic rings. The van der Waals surface area contributed by atoms with E-state index in [0.29, 0.717) is 44.0 Å². The molecule has 0 unspecified atom stereocenters. The Morgan fingerprint density at radius 1 is 1.50 bits per heavy atom. The van der Waals surface area contributed by atoms with E-state index in [1.54, 1.807) is 11.8 Å². The van der Waals surface area contributed by atoms with Gasteiger partial charge in [-0.1, -0.05) is 6.92 Å². The van der Waals surface area contributed by atoms with Crippen LogP contribution in [0.1, 0.15) is 37.9 Å². The van der Waals surface area contributed by atoms with E-state index < -0.39 is 5.41 Å². The second-order valence-corrected chi connectivity index (χ2v) is 5.96. The Balaban J connectivity index is 1.98. The largest absolute Gasteiger partial charge is 0.450 e. The summed E-state index contributed by atoms with van der Waals surface area (Å²) in [6.45, 7) is 5.12. The maximum absolute atomic E-state index is 12.0. The zero-order valence-electron chi connectivity index (χ0n) is 13.9. The monoisotopic (exact) mass is 331 g/mol. The number of hydrogen-bond acceptors (Lipinski definition) is 6. The first-order chi connectivity index (χ1) is 11.6. The number of hydrogen-bond donors (Lipinski definition) is 2. The van der Waals surface area contributed by atoms with Gasteiger partial charge in [-0.05, 0) is 26.2 Å². The second-order valence-electron chi connectivity index (χ2n) is 5.96. The summed E-state index contributed by atoms with van der Waals surface area (Å²) in [5, 5.41) is 16.9. The molecule has 0 saturated carbocycles. The number of H-pyrrole nitrogens is 1. The van der Waals surface area contributed by atoms with Crippen molar-refractivity contribution in [2.24, 2.45) is 5.73 Å². The van der Waals surface area contributed by atoms with E-state index in [1.807, 2.05) is 6.92 Å². The average Bonchev–Trinajstić information content (AvgIpc) is 2.99. The van der Waals surface area contributed by atoms with Crippen molar-refractivity contribution in [1.29, 1.82) is 5.26 Å². The number of ether oxygens (including phenoxy) is 2. The van der Waals surface area contributed by atoms with Gasteiger partial charge in [0.25, 0.3) is 0 Å². The minimum atomic E-state index is -0.562. The second kappa shape index (κ2) is 6.07. The normalized spacial score (nSPS) is 18.8. The van der Waals surface area contributed by atoms with E-state index >= 15 is 0 Å². The molecule has 1 saturated heterocycles. The highest BCUT2D eigenvalue weighted by Gasteiger charge is 2.49. The topological polar surface area (TPSA) is 117 Å². The molecule has 128 valence electrons. The Kier molecular flexibility index (Phi) is 4.09. The Hall–Kier alpha value is -2.69. The van der Waals surface area contributed by atoms with Crippen molar-refractivity contribution in [1.82, 2.24) is 15.1 Å². The summed E-state index contributed by atoms with van der Waals surface area (Å²) in [6.07, 6.45) is 1.59. The average molecular weight is 331 g/mol. The first-order valence-electron chi connectivity index (χ1n) is 8.15. The SMILES string of the molecule is CCOC(=O)N1CCC2(CC1)C(C#N)=C(N)Oc1n[nH]c(CC)c12. The zero-order chi connectivity index (χ0) is 17.3. The van der Waals surface area contributed by atoms with E-state index in [4.69, 9.17) is 15.2 Å². The molecule has 8 nitrogen and oxygen atoms in total. The van der Waals surface area contributed by atoms with Gasteiger partial charge in [-0.25, -0.2) is 4.79 Å². The van der Waals surface area contributed by atoms with Crippen LogP contribution in [-0.4, -0.2) is 40.9 Å². The Bertz CT molecular complexity index is 723. The van der Waals surface area contributed by atoms with Gasteiger partial charge >= 0.3 is 6.09 Å². The fraction of sp³-hybridized carbons (Fsp3) is 0.562. The molecule has 0 aliphatic carbocycles. The summed E-state index contributed by atoms with van der Waals surface area (Å²) in [7, 11) is 0. The van der Waals surface area contributed by atoms with Crippen LogP contribution in [-0.2, 0) is 16.6 Å². The number of rotatable bonds is 2. The molecule has 3 rings (SSSR count). The molecule has 3 N–H and O–H groups in total. The molecule has 0 atom stereocenters. The minimum absolute atomic E-state index is 0.101. The number of nitrogens with zero attached hydrogens (tertiary/aromatic N) is 3. The quantitative estimate of drug-likeness (QED) is 0.849. The summed E-state index contributed by atoms with van der Waals surface area (Å²) in [5.41, 5.74) is 7.68. The van der Waals surface area contributed by atoms with Crippen molar-refractivity contribution in [3.05, 3.63) is 22.7 Å². The molecule has 0 bridgehead atoms. The van der Waals surface area contributed by atoms with Crippen molar-refractivity contribution in [2.75, 3.05) is 19.7 Å². The van der Waals surface area contributed by atoms with Crippen LogP contribution < -0.4 is 10.5 Å². The predicted molar refractivity (Wildman–Crippen MR) is 84.9 cm³/mol.